The number of aromatic nitrogens is 1. The fourth-order valence-corrected chi connectivity index (χ4v) is 2.70. The molecule has 1 aliphatic rings. The highest BCUT2D eigenvalue weighted by Gasteiger charge is 2.19. The maximum absolute atomic E-state index is 6.00. The predicted octanol–water partition coefficient (Wildman–Crippen LogP) is 1.23. The molecule has 0 aliphatic carbocycles. The van der Waals surface area contributed by atoms with Crippen LogP contribution in [0.5, 0.6) is 0 Å². The normalized spacial score (nSPS) is 16.1. The third-order valence-corrected chi connectivity index (χ3v) is 3.91. The van der Waals surface area contributed by atoms with E-state index in [-0.39, 0.29) is 24.0 Å². The zero-order chi connectivity index (χ0) is 13.5. The van der Waals surface area contributed by atoms with Crippen molar-refractivity contribution in [1.29, 1.82) is 0 Å². The Morgan fingerprint density at radius 1 is 1.45 bits per heavy atom. The number of ether oxygens (including phenoxy) is 1. The first-order valence-corrected chi connectivity index (χ1v) is 7.37. The van der Waals surface area contributed by atoms with Gasteiger partial charge in [-0.25, -0.2) is 4.98 Å². The van der Waals surface area contributed by atoms with E-state index in [1.54, 1.807) is 18.4 Å². The van der Waals surface area contributed by atoms with E-state index in [0.717, 1.165) is 50.9 Å². The zero-order valence-corrected chi connectivity index (χ0v) is 14.8. The summed E-state index contributed by atoms with van der Waals surface area (Å²) in [7, 11) is 1.70. The number of methoxy groups -OCH3 is 1. The number of thiazole rings is 1. The van der Waals surface area contributed by atoms with E-state index in [4.69, 9.17) is 10.5 Å². The van der Waals surface area contributed by atoms with Crippen LogP contribution in [0.15, 0.2) is 16.6 Å². The van der Waals surface area contributed by atoms with Crippen LogP contribution in [-0.4, -0.2) is 62.3 Å². The Labute approximate surface area is 141 Å². The van der Waals surface area contributed by atoms with E-state index < -0.39 is 0 Å². The van der Waals surface area contributed by atoms with E-state index in [1.807, 2.05) is 11.6 Å². The van der Waals surface area contributed by atoms with Gasteiger partial charge in [0.25, 0.3) is 0 Å². The number of piperazine rings is 1. The fourth-order valence-electron chi connectivity index (χ4n) is 2.00. The van der Waals surface area contributed by atoms with Crippen LogP contribution < -0.4 is 10.6 Å². The molecule has 1 aromatic heterocycles. The summed E-state index contributed by atoms with van der Waals surface area (Å²) in [6.07, 6.45) is 2.76. The van der Waals surface area contributed by atoms with Gasteiger partial charge in [0.1, 0.15) is 0 Å². The van der Waals surface area contributed by atoms with Crippen LogP contribution in [0, 0.1) is 0 Å². The van der Waals surface area contributed by atoms with Gasteiger partial charge in [0.05, 0.1) is 0 Å². The molecule has 114 valence electrons. The van der Waals surface area contributed by atoms with Crippen LogP contribution in [0.1, 0.15) is 6.42 Å². The summed E-state index contributed by atoms with van der Waals surface area (Å²) in [5, 5.41) is 3.10. The fraction of sp³-hybridized carbons (Fsp3) is 0.667. The number of nitrogens with two attached hydrogens (primary N) is 1. The third-order valence-electron chi connectivity index (χ3n) is 3.07. The summed E-state index contributed by atoms with van der Waals surface area (Å²) in [4.78, 5) is 13.1. The first-order valence-electron chi connectivity index (χ1n) is 6.49. The second kappa shape index (κ2) is 9.35. The van der Waals surface area contributed by atoms with Crippen molar-refractivity contribution in [2.75, 3.05) is 51.3 Å². The van der Waals surface area contributed by atoms with Gasteiger partial charge in [-0.3, -0.25) is 4.99 Å². The second-order valence-electron chi connectivity index (χ2n) is 4.38. The molecular weight excluding hydrogens is 389 g/mol. The molecule has 1 saturated heterocycles. The Hall–Kier alpha value is -0.610. The van der Waals surface area contributed by atoms with Crippen molar-refractivity contribution in [2.45, 2.75) is 6.42 Å². The predicted molar refractivity (Wildman–Crippen MR) is 94.3 cm³/mol. The second-order valence-corrected chi connectivity index (χ2v) is 5.25. The zero-order valence-electron chi connectivity index (χ0n) is 11.7. The standard InChI is InChI=1S/C12H21N5OS.HI/c1-18-9-2-3-14-11(13)16-5-7-17(8-6-16)12-15-4-10-19-12;/h4,10H,2-3,5-9H2,1H3,(H2,13,14);1H. The lowest BCUT2D eigenvalue weighted by Crippen LogP contribution is -2.51. The highest BCUT2D eigenvalue weighted by Crippen LogP contribution is 2.18. The largest absolute Gasteiger partial charge is 0.385 e. The Kier molecular flexibility index (Phi) is 8.15. The number of anilines is 1. The van der Waals surface area contributed by atoms with Gasteiger partial charge >= 0.3 is 0 Å². The van der Waals surface area contributed by atoms with Gasteiger partial charge in [-0.15, -0.1) is 35.3 Å². The molecule has 0 radical (unpaired) electrons. The quantitative estimate of drug-likeness (QED) is 0.342. The minimum Gasteiger partial charge on any atom is -0.385 e. The average molecular weight is 411 g/mol. The summed E-state index contributed by atoms with van der Waals surface area (Å²) in [6.45, 7) is 5.16. The van der Waals surface area contributed by atoms with E-state index >= 15 is 0 Å². The molecule has 6 nitrogen and oxygen atoms in total. The molecule has 2 heterocycles. The van der Waals surface area contributed by atoms with Crippen LogP contribution in [-0.2, 0) is 4.74 Å². The number of halogens is 1. The molecule has 0 unspecified atom stereocenters. The van der Waals surface area contributed by atoms with Gasteiger partial charge < -0.3 is 20.3 Å². The molecule has 8 heteroatoms. The van der Waals surface area contributed by atoms with Crippen molar-refractivity contribution < 1.29 is 4.74 Å². The maximum Gasteiger partial charge on any atom is 0.191 e. The Balaban J connectivity index is 0.00000200. The number of aliphatic imine (C=N–C) groups is 1. The first-order chi connectivity index (χ1) is 9.31. The summed E-state index contributed by atoms with van der Waals surface area (Å²) in [5.41, 5.74) is 6.00. The lowest BCUT2D eigenvalue weighted by atomic mass is 10.3. The van der Waals surface area contributed by atoms with Gasteiger partial charge in [0.15, 0.2) is 11.1 Å². The Morgan fingerprint density at radius 3 is 2.80 bits per heavy atom. The van der Waals surface area contributed by atoms with Crippen LogP contribution >= 0.6 is 35.3 Å². The number of hydrogen-bond acceptors (Lipinski definition) is 5. The molecule has 1 aliphatic heterocycles. The van der Waals surface area contributed by atoms with Crippen LogP contribution in [0.3, 0.4) is 0 Å². The van der Waals surface area contributed by atoms with E-state index in [1.165, 1.54) is 0 Å². The molecule has 1 fully saturated rings. The number of hydrogen-bond donors (Lipinski definition) is 1. The van der Waals surface area contributed by atoms with Gasteiger partial charge in [-0.05, 0) is 6.42 Å². The van der Waals surface area contributed by atoms with Gasteiger partial charge in [-0.2, -0.15) is 0 Å². The SMILES string of the molecule is COCCCN=C(N)N1CCN(c2nccs2)CC1.I. The van der Waals surface area contributed by atoms with Gasteiger partial charge in [-0.1, -0.05) is 0 Å². The molecule has 0 amide bonds. The van der Waals surface area contributed by atoms with E-state index in [0.29, 0.717) is 5.96 Å². The number of rotatable bonds is 5. The maximum atomic E-state index is 6.00. The molecule has 0 spiro atoms. The molecular formula is C12H22IN5OS. The highest BCUT2D eigenvalue weighted by atomic mass is 127. The molecule has 1 aromatic rings. The lowest BCUT2D eigenvalue weighted by molar-refractivity contribution is 0.197. The third kappa shape index (κ3) is 5.06. The first kappa shape index (κ1) is 17.4. The van der Waals surface area contributed by atoms with E-state index in [2.05, 4.69) is 19.8 Å². The number of guanidine groups is 1. The molecule has 2 rings (SSSR count). The van der Waals surface area contributed by atoms with Crippen molar-refractivity contribution in [2.24, 2.45) is 10.7 Å². The van der Waals surface area contributed by atoms with Crippen LogP contribution in [0.25, 0.3) is 0 Å². The van der Waals surface area contributed by atoms with Gasteiger partial charge in [0, 0.05) is 58.0 Å². The average Bonchev–Trinajstić information content (AvgIpc) is 2.98. The molecule has 0 bridgehead atoms. The summed E-state index contributed by atoms with van der Waals surface area (Å²) in [6, 6.07) is 0. The van der Waals surface area contributed by atoms with Gasteiger partial charge in [0.2, 0.25) is 0 Å². The molecule has 0 aromatic carbocycles. The van der Waals surface area contributed by atoms with Crippen molar-refractivity contribution in [3.05, 3.63) is 11.6 Å². The van der Waals surface area contributed by atoms with Crippen molar-refractivity contribution >= 4 is 46.4 Å². The molecule has 20 heavy (non-hydrogen) atoms. The smallest absolute Gasteiger partial charge is 0.191 e. The summed E-state index contributed by atoms with van der Waals surface area (Å²) < 4.78 is 4.99. The molecule has 0 atom stereocenters. The number of nitrogens with zero attached hydrogens (tertiary/aromatic N) is 4. The minimum atomic E-state index is 0. The Morgan fingerprint density at radius 2 is 2.20 bits per heavy atom. The molecule has 0 saturated carbocycles. The minimum absolute atomic E-state index is 0. The lowest BCUT2D eigenvalue weighted by Gasteiger charge is -2.35. The summed E-state index contributed by atoms with van der Waals surface area (Å²) in [5.74, 6) is 0.648. The van der Waals surface area contributed by atoms with Crippen LogP contribution in [0.4, 0.5) is 5.13 Å². The monoisotopic (exact) mass is 411 g/mol. The Bertz CT molecular complexity index is 393. The van der Waals surface area contributed by atoms with Crippen molar-refractivity contribution in [3.8, 4) is 0 Å². The van der Waals surface area contributed by atoms with Crippen LogP contribution in [0.2, 0.25) is 0 Å². The topological polar surface area (TPSA) is 67.0 Å². The van der Waals surface area contributed by atoms with Crippen molar-refractivity contribution in [1.82, 2.24) is 9.88 Å². The van der Waals surface area contributed by atoms with Crippen molar-refractivity contribution in [3.63, 3.8) is 0 Å². The molecule has 2 N–H and O–H groups in total. The van der Waals surface area contributed by atoms with E-state index in [9.17, 15) is 0 Å². The highest BCUT2D eigenvalue weighted by molar-refractivity contribution is 14.0. The summed E-state index contributed by atoms with van der Waals surface area (Å²) >= 11 is 1.68.